The molecule has 0 aliphatic heterocycles. The van der Waals surface area contributed by atoms with Crippen molar-refractivity contribution in [2.75, 3.05) is 0 Å². The van der Waals surface area contributed by atoms with Crippen LogP contribution in [0.2, 0.25) is 5.02 Å². The summed E-state index contributed by atoms with van der Waals surface area (Å²) in [6.45, 7) is 3.86. The number of nitrogen functional groups attached to an aromatic ring is 1. The fourth-order valence-electron chi connectivity index (χ4n) is 1.82. The van der Waals surface area contributed by atoms with Gasteiger partial charge in [0.05, 0.1) is 5.02 Å². The van der Waals surface area contributed by atoms with E-state index in [1.54, 1.807) is 12.1 Å². The maximum Gasteiger partial charge on any atom is 0.146 e. The number of hydrogen-bond donors (Lipinski definition) is 2. The highest BCUT2D eigenvalue weighted by atomic mass is 35.5. The molecular weight excluding hydrogens is 260 g/mol. The summed E-state index contributed by atoms with van der Waals surface area (Å²) in [5.41, 5.74) is 8.17. The number of ether oxygens (including phenoxy) is 1. The van der Waals surface area contributed by atoms with Crippen LogP contribution in [0.5, 0.6) is 11.5 Å². The molecule has 0 aliphatic rings. The maximum atomic E-state index is 7.44. The molecule has 0 radical (unpaired) electrons. The fourth-order valence-corrected chi connectivity index (χ4v) is 2.09. The third-order valence-electron chi connectivity index (χ3n) is 2.80. The number of amidine groups is 1. The molecule has 98 valence electrons. The predicted molar refractivity (Wildman–Crippen MR) is 78.5 cm³/mol. The van der Waals surface area contributed by atoms with E-state index >= 15 is 0 Å². The van der Waals surface area contributed by atoms with Crippen LogP contribution in [0.15, 0.2) is 36.4 Å². The van der Waals surface area contributed by atoms with Gasteiger partial charge >= 0.3 is 0 Å². The highest BCUT2D eigenvalue weighted by Crippen LogP contribution is 2.30. The number of nitrogens with two attached hydrogens (primary N) is 1. The Balaban J connectivity index is 2.29. The molecule has 0 heterocycles. The summed E-state index contributed by atoms with van der Waals surface area (Å²) >= 11 is 6.12. The van der Waals surface area contributed by atoms with Crippen molar-refractivity contribution in [3.8, 4) is 11.5 Å². The van der Waals surface area contributed by atoms with Gasteiger partial charge in [0, 0.05) is 5.56 Å². The van der Waals surface area contributed by atoms with E-state index in [0.717, 1.165) is 11.1 Å². The lowest BCUT2D eigenvalue weighted by atomic mass is 10.1. The zero-order chi connectivity index (χ0) is 14.0. The van der Waals surface area contributed by atoms with Crippen LogP contribution in [-0.4, -0.2) is 5.84 Å². The van der Waals surface area contributed by atoms with E-state index in [-0.39, 0.29) is 5.84 Å². The molecule has 0 aromatic heterocycles. The molecule has 0 bridgehead atoms. The number of hydrogen-bond acceptors (Lipinski definition) is 2. The smallest absolute Gasteiger partial charge is 0.146 e. The minimum atomic E-state index is 0.0532. The van der Waals surface area contributed by atoms with Gasteiger partial charge in [-0.05, 0) is 55.3 Å². The van der Waals surface area contributed by atoms with E-state index in [0.29, 0.717) is 22.1 Å². The summed E-state index contributed by atoms with van der Waals surface area (Å²) in [6.07, 6.45) is 0. The molecule has 2 aromatic rings. The molecule has 0 aliphatic carbocycles. The summed E-state index contributed by atoms with van der Waals surface area (Å²) in [6, 6.07) is 11.0. The number of nitrogens with one attached hydrogen (secondary N) is 1. The average molecular weight is 275 g/mol. The minimum absolute atomic E-state index is 0.0532. The SMILES string of the molecule is Cc1ccc(Oc2ccc(C(=N)N)c(C)c2)c(Cl)c1. The first-order valence-electron chi connectivity index (χ1n) is 5.86. The van der Waals surface area contributed by atoms with Crippen LogP contribution in [0.3, 0.4) is 0 Å². The Morgan fingerprint density at radius 2 is 1.89 bits per heavy atom. The van der Waals surface area contributed by atoms with Crippen molar-refractivity contribution >= 4 is 17.4 Å². The van der Waals surface area contributed by atoms with Gasteiger partial charge in [0.15, 0.2) is 0 Å². The van der Waals surface area contributed by atoms with E-state index in [1.807, 2.05) is 38.1 Å². The molecule has 19 heavy (non-hydrogen) atoms. The van der Waals surface area contributed by atoms with Crippen molar-refractivity contribution in [1.82, 2.24) is 0 Å². The molecular formula is C15H15ClN2O. The van der Waals surface area contributed by atoms with Crippen molar-refractivity contribution in [2.24, 2.45) is 5.73 Å². The predicted octanol–water partition coefficient (Wildman–Crippen LogP) is 4.03. The van der Waals surface area contributed by atoms with Gasteiger partial charge in [-0.3, -0.25) is 5.41 Å². The highest BCUT2D eigenvalue weighted by molar-refractivity contribution is 6.32. The largest absolute Gasteiger partial charge is 0.456 e. The van der Waals surface area contributed by atoms with Gasteiger partial charge in [-0.2, -0.15) is 0 Å². The van der Waals surface area contributed by atoms with Crippen molar-refractivity contribution in [3.63, 3.8) is 0 Å². The first-order chi connectivity index (χ1) is 8.97. The summed E-state index contributed by atoms with van der Waals surface area (Å²) in [7, 11) is 0. The minimum Gasteiger partial charge on any atom is -0.456 e. The van der Waals surface area contributed by atoms with Gasteiger partial charge in [0.25, 0.3) is 0 Å². The summed E-state index contributed by atoms with van der Waals surface area (Å²) in [5, 5.41) is 8.02. The topological polar surface area (TPSA) is 59.1 Å². The van der Waals surface area contributed by atoms with Crippen LogP contribution in [0.4, 0.5) is 0 Å². The van der Waals surface area contributed by atoms with Crippen LogP contribution in [0, 0.1) is 19.3 Å². The number of halogens is 1. The Morgan fingerprint density at radius 1 is 1.16 bits per heavy atom. The molecule has 2 aromatic carbocycles. The molecule has 0 saturated carbocycles. The van der Waals surface area contributed by atoms with Crippen LogP contribution in [0.25, 0.3) is 0 Å². The molecule has 3 N–H and O–H groups in total. The van der Waals surface area contributed by atoms with Crippen molar-refractivity contribution in [3.05, 3.63) is 58.1 Å². The second-order valence-electron chi connectivity index (χ2n) is 4.43. The molecule has 3 nitrogen and oxygen atoms in total. The third kappa shape index (κ3) is 3.06. The molecule has 0 atom stereocenters. The molecule has 0 fully saturated rings. The van der Waals surface area contributed by atoms with Crippen molar-refractivity contribution in [1.29, 1.82) is 5.41 Å². The maximum absolute atomic E-state index is 7.44. The fraction of sp³-hybridized carbons (Fsp3) is 0.133. The van der Waals surface area contributed by atoms with Crippen LogP contribution < -0.4 is 10.5 Å². The third-order valence-corrected chi connectivity index (χ3v) is 3.10. The van der Waals surface area contributed by atoms with Crippen LogP contribution in [-0.2, 0) is 0 Å². The van der Waals surface area contributed by atoms with Gasteiger partial charge < -0.3 is 10.5 Å². The quantitative estimate of drug-likeness (QED) is 0.656. The van der Waals surface area contributed by atoms with E-state index in [4.69, 9.17) is 27.5 Å². The Bertz CT molecular complexity index is 638. The number of benzene rings is 2. The number of aryl methyl sites for hydroxylation is 2. The summed E-state index contributed by atoms with van der Waals surface area (Å²) in [5.74, 6) is 1.34. The van der Waals surface area contributed by atoms with Gasteiger partial charge in [0.1, 0.15) is 17.3 Å². The number of rotatable bonds is 3. The van der Waals surface area contributed by atoms with Crippen molar-refractivity contribution in [2.45, 2.75) is 13.8 Å². The monoisotopic (exact) mass is 274 g/mol. The second kappa shape index (κ2) is 5.33. The Labute approximate surface area is 117 Å². The lowest BCUT2D eigenvalue weighted by molar-refractivity contribution is 0.482. The highest BCUT2D eigenvalue weighted by Gasteiger charge is 2.06. The van der Waals surface area contributed by atoms with Gasteiger partial charge in [0.2, 0.25) is 0 Å². The normalized spacial score (nSPS) is 10.3. The lowest BCUT2D eigenvalue weighted by Crippen LogP contribution is -2.12. The van der Waals surface area contributed by atoms with E-state index < -0.39 is 0 Å². The molecule has 4 heteroatoms. The van der Waals surface area contributed by atoms with Gasteiger partial charge in [-0.25, -0.2) is 0 Å². The van der Waals surface area contributed by atoms with E-state index in [9.17, 15) is 0 Å². The van der Waals surface area contributed by atoms with Crippen molar-refractivity contribution < 1.29 is 4.74 Å². The van der Waals surface area contributed by atoms with Gasteiger partial charge in [-0.15, -0.1) is 0 Å². The average Bonchev–Trinajstić information content (AvgIpc) is 2.32. The first-order valence-corrected chi connectivity index (χ1v) is 6.24. The van der Waals surface area contributed by atoms with Crippen LogP contribution >= 0.6 is 11.6 Å². The molecule has 0 saturated heterocycles. The molecule has 0 amide bonds. The Kier molecular flexibility index (Phi) is 3.76. The summed E-state index contributed by atoms with van der Waals surface area (Å²) < 4.78 is 5.74. The molecule has 0 spiro atoms. The Hall–Kier alpha value is -2.00. The first kappa shape index (κ1) is 13.4. The van der Waals surface area contributed by atoms with E-state index in [2.05, 4.69) is 0 Å². The zero-order valence-electron chi connectivity index (χ0n) is 10.8. The molecule has 2 rings (SSSR count). The van der Waals surface area contributed by atoms with Crippen LogP contribution in [0.1, 0.15) is 16.7 Å². The van der Waals surface area contributed by atoms with E-state index in [1.165, 1.54) is 0 Å². The molecule has 0 unspecified atom stereocenters. The zero-order valence-corrected chi connectivity index (χ0v) is 11.6. The Morgan fingerprint density at radius 3 is 2.47 bits per heavy atom. The summed E-state index contributed by atoms with van der Waals surface area (Å²) in [4.78, 5) is 0. The standard InChI is InChI=1S/C15H15ClN2O/c1-9-3-6-14(13(16)7-9)19-11-4-5-12(15(17)18)10(2)8-11/h3-8H,1-2H3,(H3,17,18). The van der Waals surface area contributed by atoms with Gasteiger partial charge in [-0.1, -0.05) is 17.7 Å². The second-order valence-corrected chi connectivity index (χ2v) is 4.83. The lowest BCUT2D eigenvalue weighted by Gasteiger charge is -2.10.